The Labute approximate surface area is 218 Å². The molecule has 2 saturated heterocycles. The summed E-state index contributed by atoms with van der Waals surface area (Å²) in [7, 11) is 3.17. The molecular formula is C30H34FN3O3. The lowest BCUT2D eigenvalue weighted by molar-refractivity contribution is 0.0782. The number of piperazine rings is 1. The van der Waals surface area contributed by atoms with Crippen molar-refractivity contribution >= 4 is 11.6 Å². The number of hydrogen-bond acceptors (Lipinski definition) is 5. The van der Waals surface area contributed by atoms with Gasteiger partial charge in [-0.1, -0.05) is 30.3 Å². The van der Waals surface area contributed by atoms with Crippen LogP contribution in [0.1, 0.15) is 21.8 Å². The SMILES string of the molecule is COc1ccc(C(=O)N2CC(CN3CCN(c4ccc(F)cc4)CC3)C(c3ccccc3)C2)cc1OC. The van der Waals surface area contributed by atoms with Crippen molar-refractivity contribution in [3.63, 3.8) is 0 Å². The highest BCUT2D eigenvalue weighted by atomic mass is 19.1. The smallest absolute Gasteiger partial charge is 0.254 e. The van der Waals surface area contributed by atoms with Gasteiger partial charge in [-0.2, -0.15) is 0 Å². The molecule has 2 aliphatic heterocycles. The van der Waals surface area contributed by atoms with E-state index in [4.69, 9.17) is 9.47 Å². The maximum atomic E-state index is 13.5. The molecule has 2 atom stereocenters. The van der Waals surface area contributed by atoms with Gasteiger partial charge in [-0.15, -0.1) is 0 Å². The fourth-order valence-electron chi connectivity index (χ4n) is 5.62. The fourth-order valence-corrected chi connectivity index (χ4v) is 5.62. The number of carbonyl (C=O) groups is 1. The van der Waals surface area contributed by atoms with Gasteiger partial charge in [0, 0.05) is 63.0 Å². The Balaban J connectivity index is 1.28. The van der Waals surface area contributed by atoms with Crippen molar-refractivity contribution in [1.82, 2.24) is 9.80 Å². The third-order valence-electron chi connectivity index (χ3n) is 7.64. The molecule has 0 spiro atoms. The van der Waals surface area contributed by atoms with Crippen molar-refractivity contribution in [1.29, 1.82) is 0 Å². The maximum absolute atomic E-state index is 13.5. The van der Waals surface area contributed by atoms with Crippen molar-refractivity contribution in [2.75, 3.05) is 64.9 Å². The molecule has 0 radical (unpaired) electrons. The molecule has 6 nitrogen and oxygen atoms in total. The van der Waals surface area contributed by atoms with Gasteiger partial charge in [0.15, 0.2) is 11.5 Å². The molecule has 0 saturated carbocycles. The fraction of sp³-hybridized carbons (Fsp3) is 0.367. The zero-order valence-electron chi connectivity index (χ0n) is 21.5. The highest BCUT2D eigenvalue weighted by Gasteiger charge is 2.38. The second-order valence-electron chi connectivity index (χ2n) is 9.82. The first-order valence-electron chi connectivity index (χ1n) is 12.8. The van der Waals surface area contributed by atoms with Crippen LogP contribution in [0.5, 0.6) is 11.5 Å². The highest BCUT2D eigenvalue weighted by molar-refractivity contribution is 5.95. The van der Waals surface area contributed by atoms with Crippen LogP contribution < -0.4 is 14.4 Å². The van der Waals surface area contributed by atoms with Gasteiger partial charge in [-0.05, 0) is 53.9 Å². The standard InChI is InChI=1S/C30H34FN3O3/c1-36-28-13-8-23(18-29(28)37-2)30(35)34-20-24(27(21-34)22-6-4-3-5-7-22)19-32-14-16-33(17-15-32)26-11-9-25(31)10-12-26/h3-13,18,24,27H,14-17,19-21H2,1-2H3. The lowest BCUT2D eigenvalue weighted by Crippen LogP contribution is -2.48. The van der Waals surface area contributed by atoms with Crippen LogP contribution in [0.25, 0.3) is 0 Å². The Morgan fingerprint density at radius 3 is 2.24 bits per heavy atom. The summed E-state index contributed by atoms with van der Waals surface area (Å²) in [6.45, 7) is 6.04. The zero-order chi connectivity index (χ0) is 25.8. The Morgan fingerprint density at radius 1 is 0.865 bits per heavy atom. The van der Waals surface area contributed by atoms with Gasteiger partial charge < -0.3 is 19.3 Å². The molecule has 0 aliphatic carbocycles. The van der Waals surface area contributed by atoms with Crippen LogP contribution in [-0.2, 0) is 0 Å². The van der Waals surface area contributed by atoms with Crippen LogP contribution in [0.2, 0.25) is 0 Å². The van der Waals surface area contributed by atoms with Crippen molar-refractivity contribution in [2.45, 2.75) is 5.92 Å². The first-order chi connectivity index (χ1) is 18.1. The van der Waals surface area contributed by atoms with E-state index in [9.17, 15) is 9.18 Å². The maximum Gasteiger partial charge on any atom is 0.254 e. The molecule has 0 bridgehead atoms. The van der Waals surface area contributed by atoms with Gasteiger partial charge in [0.1, 0.15) is 5.82 Å². The van der Waals surface area contributed by atoms with Crippen LogP contribution in [0.15, 0.2) is 72.8 Å². The van der Waals surface area contributed by atoms with Crippen molar-refractivity contribution < 1.29 is 18.7 Å². The number of ether oxygens (including phenoxy) is 2. The number of methoxy groups -OCH3 is 2. The normalized spacial score (nSPS) is 20.2. The minimum absolute atomic E-state index is 0.0190. The van der Waals surface area contributed by atoms with Gasteiger partial charge >= 0.3 is 0 Å². The van der Waals surface area contributed by atoms with E-state index in [1.807, 2.05) is 29.2 Å². The molecule has 3 aromatic carbocycles. The molecule has 2 unspecified atom stereocenters. The van der Waals surface area contributed by atoms with E-state index in [1.54, 1.807) is 26.4 Å². The van der Waals surface area contributed by atoms with Gasteiger partial charge in [-0.3, -0.25) is 9.69 Å². The lowest BCUT2D eigenvalue weighted by Gasteiger charge is -2.37. The number of anilines is 1. The number of carbonyl (C=O) groups excluding carboxylic acids is 1. The Bertz CT molecular complexity index is 1200. The summed E-state index contributed by atoms with van der Waals surface area (Å²) in [5.74, 6) is 1.60. The van der Waals surface area contributed by atoms with E-state index < -0.39 is 0 Å². The van der Waals surface area contributed by atoms with Crippen LogP contribution in [-0.4, -0.2) is 75.7 Å². The Morgan fingerprint density at radius 2 is 1.57 bits per heavy atom. The minimum Gasteiger partial charge on any atom is -0.493 e. The number of hydrogen-bond donors (Lipinski definition) is 0. The first kappa shape index (κ1) is 25.1. The third kappa shape index (κ3) is 5.57. The summed E-state index contributed by atoms with van der Waals surface area (Å²) < 4.78 is 24.1. The molecule has 3 aromatic rings. The van der Waals surface area contributed by atoms with Crippen LogP contribution >= 0.6 is 0 Å². The third-order valence-corrected chi connectivity index (χ3v) is 7.64. The second-order valence-corrected chi connectivity index (χ2v) is 9.82. The molecule has 2 fully saturated rings. The lowest BCUT2D eigenvalue weighted by atomic mass is 9.88. The summed E-state index contributed by atoms with van der Waals surface area (Å²) in [6.07, 6.45) is 0. The molecular weight excluding hydrogens is 469 g/mol. The summed E-state index contributed by atoms with van der Waals surface area (Å²) in [5, 5.41) is 0. The quantitative estimate of drug-likeness (QED) is 0.475. The van der Waals surface area contributed by atoms with Gasteiger partial charge in [0.25, 0.3) is 5.91 Å². The summed E-state index contributed by atoms with van der Waals surface area (Å²) in [4.78, 5) is 20.3. The van der Waals surface area contributed by atoms with Crippen molar-refractivity contribution in [2.24, 2.45) is 5.92 Å². The average Bonchev–Trinajstić information content (AvgIpc) is 3.37. The molecule has 2 heterocycles. The number of likely N-dealkylation sites (tertiary alicyclic amines) is 1. The largest absolute Gasteiger partial charge is 0.493 e. The molecule has 7 heteroatoms. The molecule has 1 amide bonds. The zero-order valence-corrected chi connectivity index (χ0v) is 21.5. The summed E-state index contributed by atoms with van der Waals surface area (Å²) >= 11 is 0. The minimum atomic E-state index is -0.206. The van der Waals surface area contributed by atoms with Crippen molar-refractivity contribution in [3.8, 4) is 11.5 Å². The van der Waals surface area contributed by atoms with Gasteiger partial charge in [0.05, 0.1) is 14.2 Å². The van der Waals surface area contributed by atoms with Crippen LogP contribution in [0.4, 0.5) is 10.1 Å². The Kier molecular flexibility index (Phi) is 7.60. The van der Waals surface area contributed by atoms with Crippen molar-refractivity contribution in [3.05, 3.63) is 89.7 Å². The summed E-state index contributed by atoms with van der Waals surface area (Å²) in [6, 6.07) is 22.6. The number of benzene rings is 3. The van der Waals surface area contributed by atoms with E-state index in [1.165, 1.54) is 17.7 Å². The van der Waals surface area contributed by atoms with E-state index >= 15 is 0 Å². The summed E-state index contributed by atoms with van der Waals surface area (Å²) in [5.41, 5.74) is 2.95. The highest BCUT2D eigenvalue weighted by Crippen LogP contribution is 2.35. The number of rotatable bonds is 7. The number of amides is 1. The molecule has 0 aromatic heterocycles. The first-order valence-corrected chi connectivity index (χ1v) is 12.8. The van der Waals surface area contributed by atoms with E-state index in [0.717, 1.165) is 38.4 Å². The number of halogens is 1. The Hall–Kier alpha value is -3.58. The van der Waals surface area contributed by atoms with Crippen LogP contribution in [0.3, 0.4) is 0 Å². The predicted molar refractivity (Wildman–Crippen MR) is 143 cm³/mol. The predicted octanol–water partition coefficient (Wildman–Crippen LogP) is 4.52. The molecule has 2 aliphatic rings. The number of nitrogens with zero attached hydrogens (tertiary/aromatic N) is 3. The molecule has 5 rings (SSSR count). The van der Waals surface area contributed by atoms with Gasteiger partial charge in [-0.25, -0.2) is 4.39 Å². The second kappa shape index (κ2) is 11.2. The monoisotopic (exact) mass is 503 g/mol. The van der Waals surface area contributed by atoms with E-state index in [2.05, 4.69) is 34.1 Å². The van der Waals surface area contributed by atoms with E-state index in [-0.39, 0.29) is 17.6 Å². The average molecular weight is 504 g/mol. The van der Waals surface area contributed by atoms with Crippen LogP contribution in [0, 0.1) is 11.7 Å². The molecule has 194 valence electrons. The van der Waals surface area contributed by atoms with Gasteiger partial charge in [0.2, 0.25) is 0 Å². The topological polar surface area (TPSA) is 45.2 Å². The molecule has 0 N–H and O–H groups in total. The molecule has 37 heavy (non-hydrogen) atoms. The van der Waals surface area contributed by atoms with E-state index in [0.29, 0.717) is 36.1 Å².